The van der Waals surface area contributed by atoms with E-state index < -0.39 is 53.3 Å². The Bertz CT molecular complexity index is 834. The highest BCUT2D eigenvalue weighted by Gasteiger charge is 2.43. The number of carbonyl (C=O) groups is 1. The van der Waals surface area contributed by atoms with Gasteiger partial charge in [-0.2, -0.15) is 26.3 Å². The van der Waals surface area contributed by atoms with Gasteiger partial charge < -0.3 is 15.6 Å². The van der Waals surface area contributed by atoms with Gasteiger partial charge >= 0.3 is 18.4 Å². The Kier molecular flexibility index (Phi) is 6.17. The quantitative estimate of drug-likeness (QED) is 0.691. The molecule has 1 amide bonds. The van der Waals surface area contributed by atoms with Crippen LogP contribution >= 0.6 is 0 Å². The lowest BCUT2D eigenvalue weighted by molar-refractivity contribution is -0.143. The van der Waals surface area contributed by atoms with Crippen LogP contribution in [-0.2, 0) is 29.1 Å². The van der Waals surface area contributed by atoms with E-state index in [9.17, 15) is 36.2 Å². The number of rotatable bonds is 5. The fourth-order valence-electron chi connectivity index (χ4n) is 2.86. The van der Waals surface area contributed by atoms with Crippen molar-refractivity contribution in [1.82, 2.24) is 0 Å². The predicted molar refractivity (Wildman–Crippen MR) is 90.6 cm³/mol. The van der Waals surface area contributed by atoms with E-state index in [2.05, 4.69) is 0 Å². The third-order valence-corrected chi connectivity index (χ3v) is 4.37. The Morgan fingerprint density at radius 1 is 0.966 bits per heavy atom. The Morgan fingerprint density at radius 3 is 1.83 bits per heavy atom. The second-order valence-corrected chi connectivity index (χ2v) is 6.46. The molecule has 0 aromatic heterocycles. The summed E-state index contributed by atoms with van der Waals surface area (Å²) < 4.78 is 84.0. The SMILES string of the molecule is C[C@H](OC(N)=O)[C@@](O)(Cc1ccccc1)c1cc(C(F)(F)F)cc(C(F)(F)F)c1. The van der Waals surface area contributed by atoms with E-state index in [1.54, 1.807) is 18.2 Å². The molecule has 0 unspecified atom stereocenters. The summed E-state index contributed by atoms with van der Waals surface area (Å²) in [6.45, 7) is 1.13. The number of ether oxygens (including phenoxy) is 1. The van der Waals surface area contributed by atoms with Crippen LogP contribution in [0, 0.1) is 0 Å². The molecule has 0 radical (unpaired) electrons. The third-order valence-electron chi connectivity index (χ3n) is 4.37. The van der Waals surface area contributed by atoms with Crippen LogP contribution in [0.15, 0.2) is 48.5 Å². The van der Waals surface area contributed by atoms with Gasteiger partial charge in [0.25, 0.3) is 0 Å². The van der Waals surface area contributed by atoms with Crippen molar-refractivity contribution in [2.75, 3.05) is 0 Å². The van der Waals surface area contributed by atoms with E-state index in [1.807, 2.05) is 0 Å². The fourth-order valence-corrected chi connectivity index (χ4v) is 2.86. The van der Waals surface area contributed by atoms with E-state index in [-0.39, 0.29) is 6.07 Å². The van der Waals surface area contributed by atoms with Crippen LogP contribution in [-0.4, -0.2) is 17.3 Å². The summed E-state index contributed by atoms with van der Waals surface area (Å²) in [4.78, 5) is 11.1. The Balaban J connectivity index is 2.70. The second kappa shape index (κ2) is 7.94. The molecule has 0 aliphatic rings. The Labute approximate surface area is 161 Å². The highest BCUT2D eigenvalue weighted by Crippen LogP contribution is 2.40. The van der Waals surface area contributed by atoms with Crippen LogP contribution in [0.3, 0.4) is 0 Å². The normalized spacial score (nSPS) is 15.4. The van der Waals surface area contributed by atoms with Crippen molar-refractivity contribution in [3.05, 3.63) is 70.8 Å². The van der Waals surface area contributed by atoms with Gasteiger partial charge in [-0.25, -0.2) is 4.79 Å². The number of benzene rings is 2. The zero-order chi connectivity index (χ0) is 22.0. The summed E-state index contributed by atoms with van der Waals surface area (Å²) in [6.07, 6.45) is -13.5. The minimum atomic E-state index is -5.10. The number of halogens is 6. The second-order valence-electron chi connectivity index (χ2n) is 6.46. The lowest BCUT2D eigenvalue weighted by atomic mass is 9.81. The molecule has 0 aliphatic carbocycles. The maximum absolute atomic E-state index is 13.2. The lowest BCUT2D eigenvalue weighted by Gasteiger charge is -2.35. The van der Waals surface area contributed by atoms with Crippen molar-refractivity contribution >= 4 is 6.09 Å². The smallest absolute Gasteiger partial charge is 0.416 e. The van der Waals surface area contributed by atoms with Gasteiger partial charge in [0, 0.05) is 6.42 Å². The molecule has 0 spiro atoms. The molecule has 158 valence electrons. The lowest BCUT2D eigenvalue weighted by Crippen LogP contribution is -2.43. The molecule has 0 saturated carbocycles. The van der Waals surface area contributed by atoms with Crippen molar-refractivity contribution in [2.24, 2.45) is 5.73 Å². The number of alkyl halides is 6. The summed E-state index contributed by atoms with van der Waals surface area (Å²) in [5, 5.41) is 11.2. The van der Waals surface area contributed by atoms with Crippen LogP contribution in [0.1, 0.15) is 29.2 Å². The number of carbonyl (C=O) groups excluding carboxylic acids is 1. The Morgan fingerprint density at radius 2 is 1.41 bits per heavy atom. The molecule has 3 N–H and O–H groups in total. The molecule has 2 aromatic carbocycles. The monoisotopic (exact) mass is 421 g/mol. The molecule has 2 aromatic rings. The minimum Gasteiger partial charge on any atom is -0.443 e. The van der Waals surface area contributed by atoms with Crippen LogP contribution in [0.5, 0.6) is 0 Å². The summed E-state index contributed by atoms with van der Waals surface area (Å²) in [6, 6.07) is 8.56. The summed E-state index contributed by atoms with van der Waals surface area (Å²) in [5.74, 6) is 0. The number of hydrogen-bond donors (Lipinski definition) is 2. The van der Waals surface area contributed by atoms with Crippen molar-refractivity contribution in [2.45, 2.75) is 37.4 Å². The van der Waals surface area contributed by atoms with Gasteiger partial charge in [0.15, 0.2) is 0 Å². The molecule has 0 bridgehead atoms. The van der Waals surface area contributed by atoms with Gasteiger partial charge in [-0.3, -0.25) is 0 Å². The number of primary amides is 1. The topological polar surface area (TPSA) is 72.5 Å². The van der Waals surface area contributed by atoms with Gasteiger partial charge in [0.2, 0.25) is 0 Å². The average molecular weight is 421 g/mol. The Hall–Kier alpha value is -2.75. The summed E-state index contributed by atoms with van der Waals surface area (Å²) >= 11 is 0. The third kappa shape index (κ3) is 5.41. The summed E-state index contributed by atoms with van der Waals surface area (Å²) in [7, 11) is 0. The predicted octanol–water partition coefficient (Wildman–Crippen LogP) is 4.64. The molecule has 2 atom stereocenters. The number of amides is 1. The highest BCUT2D eigenvalue weighted by molar-refractivity contribution is 5.65. The highest BCUT2D eigenvalue weighted by atomic mass is 19.4. The van der Waals surface area contributed by atoms with E-state index >= 15 is 0 Å². The molecule has 0 aliphatic heterocycles. The van der Waals surface area contributed by atoms with E-state index in [0.717, 1.165) is 6.92 Å². The van der Waals surface area contributed by atoms with Crippen LogP contribution in [0.2, 0.25) is 0 Å². The van der Waals surface area contributed by atoms with E-state index in [1.165, 1.54) is 12.1 Å². The molecular formula is C19H17F6NO3. The molecular weight excluding hydrogens is 404 g/mol. The van der Waals surface area contributed by atoms with Crippen molar-refractivity contribution in [3.63, 3.8) is 0 Å². The van der Waals surface area contributed by atoms with Crippen molar-refractivity contribution < 1.29 is 41.0 Å². The fraction of sp³-hybridized carbons (Fsp3) is 0.316. The van der Waals surface area contributed by atoms with Crippen LogP contribution in [0.4, 0.5) is 31.1 Å². The molecule has 10 heteroatoms. The number of nitrogens with two attached hydrogens (primary N) is 1. The number of hydrogen-bond acceptors (Lipinski definition) is 3. The molecule has 0 saturated heterocycles. The minimum absolute atomic E-state index is 0.0496. The standard InChI is InChI=1S/C19H17F6NO3/c1-11(29-16(26)27)17(28,10-12-5-3-2-4-6-12)13-7-14(18(20,21)22)9-15(8-13)19(23,24)25/h2-9,11,28H,10H2,1H3,(H2,26,27)/t11-,17-/m0/s1. The van der Waals surface area contributed by atoms with Gasteiger partial charge in [-0.1, -0.05) is 30.3 Å². The van der Waals surface area contributed by atoms with Gasteiger partial charge in [0.05, 0.1) is 11.1 Å². The van der Waals surface area contributed by atoms with E-state index in [4.69, 9.17) is 10.5 Å². The molecule has 2 rings (SSSR count). The zero-order valence-corrected chi connectivity index (χ0v) is 15.0. The molecule has 0 fully saturated rings. The molecule has 0 heterocycles. The molecule has 29 heavy (non-hydrogen) atoms. The molecule has 4 nitrogen and oxygen atoms in total. The van der Waals surface area contributed by atoms with Gasteiger partial charge in [0.1, 0.15) is 11.7 Å². The van der Waals surface area contributed by atoms with Crippen molar-refractivity contribution in [3.8, 4) is 0 Å². The summed E-state index contributed by atoms with van der Waals surface area (Å²) in [5.41, 5.74) is -1.01. The zero-order valence-electron chi connectivity index (χ0n) is 15.0. The maximum atomic E-state index is 13.2. The van der Waals surface area contributed by atoms with Crippen LogP contribution in [0.25, 0.3) is 0 Å². The van der Waals surface area contributed by atoms with E-state index in [0.29, 0.717) is 17.7 Å². The maximum Gasteiger partial charge on any atom is 0.416 e. The first-order chi connectivity index (χ1) is 13.2. The van der Waals surface area contributed by atoms with Crippen LogP contribution < -0.4 is 5.73 Å². The van der Waals surface area contributed by atoms with Crippen molar-refractivity contribution in [1.29, 1.82) is 0 Å². The average Bonchev–Trinajstić information content (AvgIpc) is 2.60. The largest absolute Gasteiger partial charge is 0.443 e. The van der Waals surface area contributed by atoms with Gasteiger partial charge in [-0.05, 0) is 36.2 Å². The first-order valence-corrected chi connectivity index (χ1v) is 8.26. The number of aliphatic hydroxyl groups is 1. The van der Waals surface area contributed by atoms with Gasteiger partial charge in [-0.15, -0.1) is 0 Å². The first kappa shape index (κ1) is 22.5. The first-order valence-electron chi connectivity index (χ1n) is 8.26.